The normalized spacial score (nSPS) is 15.5. The highest BCUT2D eigenvalue weighted by atomic mass is 16.5. The van der Waals surface area contributed by atoms with Crippen molar-refractivity contribution in [3.8, 4) is 5.75 Å². The molecule has 1 aromatic rings. The number of nitrogens with one attached hydrogen (secondary N) is 1. The highest BCUT2D eigenvalue weighted by Crippen LogP contribution is 2.41. The molecule has 3 N–H and O–H groups in total. The van der Waals surface area contributed by atoms with Crippen molar-refractivity contribution in [1.29, 1.82) is 0 Å². The third kappa shape index (κ3) is 5.05. The Bertz CT molecular complexity index is 441. The minimum absolute atomic E-state index is 0.151. The molecule has 4 heteroatoms. The van der Waals surface area contributed by atoms with Gasteiger partial charge in [-0.15, -0.1) is 0 Å². The molecule has 21 heavy (non-hydrogen) atoms. The van der Waals surface area contributed by atoms with Crippen molar-refractivity contribution >= 4 is 5.91 Å². The van der Waals surface area contributed by atoms with Gasteiger partial charge in [0, 0.05) is 6.42 Å². The van der Waals surface area contributed by atoms with Crippen molar-refractivity contribution in [2.75, 3.05) is 13.7 Å². The Morgan fingerprint density at radius 3 is 2.57 bits per heavy atom. The Labute approximate surface area is 127 Å². The van der Waals surface area contributed by atoms with Gasteiger partial charge in [0.25, 0.3) is 0 Å². The molecule has 0 saturated heterocycles. The van der Waals surface area contributed by atoms with Crippen LogP contribution in [0.2, 0.25) is 0 Å². The third-order valence-corrected chi connectivity index (χ3v) is 3.99. The topological polar surface area (TPSA) is 64.3 Å². The maximum absolute atomic E-state index is 12.1. The zero-order valence-electron chi connectivity index (χ0n) is 12.8. The van der Waals surface area contributed by atoms with Gasteiger partial charge < -0.3 is 15.8 Å². The third-order valence-electron chi connectivity index (χ3n) is 3.99. The lowest BCUT2D eigenvalue weighted by Gasteiger charge is -2.19. The lowest BCUT2D eigenvalue weighted by molar-refractivity contribution is -0.122. The molecule has 1 unspecified atom stereocenters. The molecule has 1 amide bonds. The van der Waals surface area contributed by atoms with Gasteiger partial charge in [-0.3, -0.25) is 4.79 Å². The molecule has 1 aliphatic carbocycles. The summed E-state index contributed by atoms with van der Waals surface area (Å²) in [6.07, 6.45) is 5.94. The number of unbranched alkanes of at least 4 members (excludes halogenated alkanes) is 2. The summed E-state index contributed by atoms with van der Waals surface area (Å²) in [5.74, 6) is 1.59. The standard InChI is InChI=1S/C17H26N2O2/c1-21-15-10-8-14(9-11-15)17(13-6-7-13)19-16(20)5-3-2-4-12-18/h8-11,13,17H,2-7,12,18H2,1H3,(H,19,20). The molecule has 1 aromatic carbocycles. The predicted molar refractivity (Wildman–Crippen MR) is 84.1 cm³/mol. The van der Waals surface area contributed by atoms with Crippen LogP contribution in [0.25, 0.3) is 0 Å². The molecule has 0 aromatic heterocycles. The summed E-state index contributed by atoms with van der Waals surface area (Å²) < 4.78 is 5.18. The van der Waals surface area contributed by atoms with Crippen LogP contribution in [0.5, 0.6) is 5.75 Å². The Kier molecular flexibility index (Phi) is 6.05. The molecule has 0 radical (unpaired) electrons. The fourth-order valence-electron chi connectivity index (χ4n) is 2.57. The molecule has 4 nitrogen and oxygen atoms in total. The van der Waals surface area contributed by atoms with E-state index in [-0.39, 0.29) is 11.9 Å². The summed E-state index contributed by atoms with van der Waals surface area (Å²) in [7, 11) is 1.66. The molecular weight excluding hydrogens is 264 g/mol. The summed E-state index contributed by atoms with van der Waals surface area (Å²) in [6.45, 7) is 0.707. The SMILES string of the molecule is COc1ccc(C(NC(=O)CCCCCN)C2CC2)cc1. The van der Waals surface area contributed by atoms with Gasteiger partial charge in [-0.2, -0.15) is 0 Å². The van der Waals surface area contributed by atoms with Crippen molar-refractivity contribution in [1.82, 2.24) is 5.32 Å². The van der Waals surface area contributed by atoms with E-state index < -0.39 is 0 Å². The minimum Gasteiger partial charge on any atom is -0.497 e. The second-order valence-corrected chi connectivity index (χ2v) is 5.76. The largest absolute Gasteiger partial charge is 0.497 e. The molecule has 1 fully saturated rings. The van der Waals surface area contributed by atoms with Gasteiger partial charge in [-0.25, -0.2) is 0 Å². The number of rotatable bonds is 9. The first-order chi connectivity index (χ1) is 10.2. The summed E-state index contributed by atoms with van der Waals surface area (Å²) in [5.41, 5.74) is 6.64. The number of carbonyl (C=O) groups is 1. The first kappa shape index (κ1) is 15.8. The van der Waals surface area contributed by atoms with Crippen molar-refractivity contribution in [2.24, 2.45) is 11.7 Å². The average molecular weight is 290 g/mol. The van der Waals surface area contributed by atoms with E-state index in [4.69, 9.17) is 10.5 Å². The van der Waals surface area contributed by atoms with E-state index >= 15 is 0 Å². The van der Waals surface area contributed by atoms with Gasteiger partial charge in [0.2, 0.25) is 5.91 Å². The van der Waals surface area contributed by atoms with E-state index in [0.717, 1.165) is 25.0 Å². The van der Waals surface area contributed by atoms with E-state index in [1.165, 1.54) is 18.4 Å². The summed E-state index contributed by atoms with van der Waals surface area (Å²) >= 11 is 0. The van der Waals surface area contributed by atoms with Crippen LogP contribution < -0.4 is 15.8 Å². The number of hydrogen-bond acceptors (Lipinski definition) is 3. The van der Waals surface area contributed by atoms with Crippen LogP contribution in [-0.2, 0) is 4.79 Å². The molecule has 0 spiro atoms. The molecule has 0 aliphatic heterocycles. The maximum Gasteiger partial charge on any atom is 0.220 e. The van der Waals surface area contributed by atoms with Crippen LogP contribution in [0.1, 0.15) is 50.1 Å². The van der Waals surface area contributed by atoms with Gasteiger partial charge in [0.15, 0.2) is 0 Å². The molecule has 2 rings (SSSR count). The van der Waals surface area contributed by atoms with Crippen molar-refractivity contribution in [3.63, 3.8) is 0 Å². The van der Waals surface area contributed by atoms with Crippen LogP contribution in [0.3, 0.4) is 0 Å². The van der Waals surface area contributed by atoms with Crippen LogP contribution in [0.4, 0.5) is 0 Å². The Morgan fingerprint density at radius 2 is 2.00 bits per heavy atom. The lowest BCUT2D eigenvalue weighted by atomic mass is 10.0. The van der Waals surface area contributed by atoms with E-state index in [1.807, 2.05) is 12.1 Å². The smallest absolute Gasteiger partial charge is 0.220 e. The lowest BCUT2D eigenvalue weighted by Crippen LogP contribution is -2.29. The second kappa shape index (κ2) is 8.03. The van der Waals surface area contributed by atoms with Crippen molar-refractivity contribution in [3.05, 3.63) is 29.8 Å². The minimum atomic E-state index is 0.151. The first-order valence-corrected chi connectivity index (χ1v) is 7.88. The monoisotopic (exact) mass is 290 g/mol. The van der Waals surface area contributed by atoms with Crippen LogP contribution >= 0.6 is 0 Å². The Hall–Kier alpha value is -1.55. The van der Waals surface area contributed by atoms with Crippen LogP contribution in [0, 0.1) is 5.92 Å². The molecule has 0 bridgehead atoms. The highest BCUT2D eigenvalue weighted by molar-refractivity contribution is 5.76. The molecule has 0 heterocycles. The molecule has 116 valence electrons. The van der Waals surface area contributed by atoms with E-state index in [1.54, 1.807) is 7.11 Å². The maximum atomic E-state index is 12.1. The van der Waals surface area contributed by atoms with Crippen LogP contribution in [0.15, 0.2) is 24.3 Å². The average Bonchev–Trinajstić information content (AvgIpc) is 3.34. The number of ether oxygens (including phenoxy) is 1. The number of hydrogen-bond donors (Lipinski definition) is 2. The Morgan fingerprint density at radius 1 is 1.29 bits per heavy atom. The van der Waals surface area contributed by atoms with Gasteiger partial charge >= 0.3 is 0 Å². The number of amides is 1. The molecule has 1 atom stereocenters. The fourth-order valence-corrected chi connectivity index (χ4v) is 2.57. The molecule has 1 saturated carbocycles. The van der Waals surface area contributed by atoms with E-state index in [9.17, 15) is 4.79 Å². The zero-order chi connectivity index (χ0) is 15.1. The van der Waals surface area contributed by atoms with Gasteiger partial charge in [-0.1, -0.05) is 18.6 Å². The zero-order valence-corrected chi connectivity index (χ0v) is 12.8. The number of carbonyl (C=O) groups excluding carboxylic acids is 1. The van der Waals surface area contributed by atoms with Gasteiger partial charge in [0.1, 0.15) is 5.75 Å². The number of benzene rings is 1. The van der Waals surface area contributed by atoms with Crippen molar-refractivity contribution < 1.29 is 9.53 Å². The highest BCUT2D eigenvalue weighted by Gasteiger charge is 2.33. The van der Waals surface area contributed by atoms with E-state index in [2.05, 4.69) is 17.4 Å². The number of nitrogens with two attached hydrogens (primary N) is 1. The van der Waals surface area contributed by atoms with Gasteiger partial charge in [-0.05, 0) is 55.8 Å². The quantitative estimate of drug-likeness (QED) is 0.687. The van der Waals surface area contributed by atoms with Gasteiger partial charge in [0.05, 0.1) is 13.2 Å². The molecule has 1 aliphatic rings. The Balaban J connectivity index is 1.88. The predicted octanol–water partition coefficient (Wildman–Crippen LogP) is 2.78. The summed E-state index contributed by atoms with van der Waals surface area (Å²) in [6, 6.07) is 8.17. The summed E-state index contributed by atoms with van der Waals surface area (Å²) in [4.78, 5) is 12.1. The van der Waals surface area contributed by atoms with E-state index in [0.29, 0.717) is 18.9 Å². The van der Waals surface area contributed by atoms with Crippen molar-refractivity contribution in [2.45, 2.75) is 44.6 Å². The second-order valence-electron chi connectivity index (χ2n) is 5.76. The fraction of sp³-hybridized carbons (Fsp3) is 0.588. The van der Waals surface area contributed by atoms with Crippen LogP contribution in [-0.4, -0.2) is 19.6 Å². The molecular formula is C17H26N2O2. The first-order valence-electron chi connectivity index (χ1n) is 7.88. The number of methoxy groups -OCH3 is 1. The summed E-state index contributed by atoms with van der Waals surface area (Å²) in [5, 5.41) is 3.20.